The number of amides is 1. The number of phenols is 1. The molecule has 0 atom stereocenters. The Balaban J connectivity index is 2.00. The lowest BCUT2D eigenvalue weighted by atomic mass is 9.90. The summed E-state index contributed by atoms with van der Waals surface area (Å²) in [5.74, 6) is -0.901. The number of rotatable bonds is 5. The number of phenolic OH excluding ortho intramolecular Hbond substituents is 1. The van der Waals surface area contributed by atoms with Gasteiger partial charge in [-0.15, -0.1) is 0 Å². The predicted molar refractivity (Wildman–Crippen MR) is 120 cm³/mol. The summed E-state index contributed by atoms with van der Waals surface area (Å²) in [4.78, 5) is 35.9. The Bertz CT molecular complexity index is 1360. The molecule has 0 aromatic heterocycles. The third-order valence-electron chi connectivity index (χ3n) is 4.76. The van der Waals surface area contributed by atoms with Crippen LogP contribution in [0.2, 0.25) is 0 Å². The first-order valence-corrected chi connectivity index (χ1v) is 10.6. The molecular weight excluding hydrogens is 418 g/mol. The molecule has 31 heavy (non-hydrogen) atoms. The Morgan fingerprint density at radius 3 is 2.55 bits per heavy atom. The van der Waals surface area contributed by atoms with E-state index in [4.69, 9.17) is 4.42 Å². The highest BCUT2D eigenvalue weighted by Gasteiger charge is 2.22. The van der Waals surface area contributed by atoms with Crippen LogP contribution in [-0.2, 0) is 4.79 Å². The monoisotopic (exact) mass is 435 g/mol. The van der Waals surface area contributed by atoms with E-state index in [1.54, 1.807) is 30.5 Å². The zero-order chi connectivity index (χ0) is 22.1. The molecule has 0 radical (unpaired) electrons. The molecule has 0 spiro atoms. The highest BCUT2D eigenvalue weighted by Crippen LogP contribution is 2.42. The molecule has 1 aliphatic heterocycles. The third kappa shape index (κ3) is 3.97. The number of nitrogens with one attached hydrogen (secondary N) is 1. The number of benzene rings is 3. The maximum Gasteiger partial charge on any atom is 0.336 e. The van der Waals surface area contributed by atoms with Crippen LogP contribution in [0.25, 0.3) is 33.4 Å². The Morgan fingerprint density at radius 2 is 1.81 bits per heavy atom. The van der Waals surface area contributed by atoms with E-state index in [1.165, 1.54) is 42.1 Å². The second-order valence-corrected chi connectivity index (χ2v) is 7.73. The first-order chi connectivity index (χ1) is 14.9. The van der Waals surface area contributed by atoms with Gasteiger partial charge in [-0.2, -0.15) is 11.8 Å². The van der Waals surface area contributed by atoms with E-state index in [1.807, 2.05) is 0 Å². The van der Waals surface area contributed by atoms with Crippen molar-refractivity contribution < 1.29 is 24.2 Å². The Kier molecular flexibility index (Phi) is 5.39. The number of carboxylic acids is 1. The number of carbonyl (C=O) groups excluding carboxylic acids is 1. The van der Waals surface area contributed by atoms with Crippen molar-refractivity contribution in [2.24, 2.45) is 0 Å². The summed E-state index contributed by atoms with van der Waals surface area (Å²) in [6, 6.07) is 13.5. The van der Waals surface area contributed by atoms with Crippen molar-refractivity contribution in [2.45, 2.75) is 0 Å². The number of aromatic carboxylic acids is 1. The van der Waals surface area contributed by atoms with Gasteiger partial charge in [0.25, 0.3) is 0 Å². The van der Waals surface area contributed by atoms with Gasteiger partial charge in [-0.3, -0.25) is 9.59 Å². The fourth-order valence-electron chi connectivity index (χ4n) is 3.49. The van der Waals surface area contributed by atoms with Crippen LogP contribution >= 0.6 is 11.8 Å². The number of hydrogen-bond acceptors (Lipinski definition) is 6. The second kappa shape index (κ2) is 8.16. The summed E-state index contributed by atoms with van der Waals surface area (Å²) in [6.07, 6.45) is 1.80. The molecule has 7 nitrogen and oxygen atoms in total. The number of carbonyl (C=O) groups is 2. The van der Waals surface area contributed by atoms with E-state index >= 15 is 0 Å². The number of thioether (sulfide) groups is 1. The van der Waals surface area contributed by atoms with Gasteiger partial charge in [0, 0.05) is 34.3 Å². The van der Waals surface area contributed by atoms with E-state index < -0.39 is 5.97 Å². The first kappa shape index (κ1) is 20.5. The highest BCUT2D eigenvalue weighted by molar-refractivity contribution is 7.99. The van der Waals surface area contributed by atoms with Crippen LogP contribution in [0.3, 0.4) is 0 Å². The van der Waals surface area contributed by atoms with E-state index in [0.29, 0.717) is 33.3 Å². The SMILES string of the molecule is CSCC(=O)Nc1ccc(-c2c3ccc(=O)cc-3oc3cc(O)ccc23)c(C(=O)O)c1. The van der Waals surface area contributed by atoms with Crippen molar-refractivity contribution in [1.29, 1.82) is 0 Å². The fraction of sp³-hybridized carbons (Fsp3) is 0.0870. The molecule has 1 aliphatic carbocycles. The van der Waals surface area contributed by atoms with E-state index in [9.17, 15) is 24.6 Å². The molecule has 0 bridgehead atoms. The van der Waals surface area contributed by atoms with Crippen LogP contribution in [0, 0.1) is 0 Å². The van der Waals surface area contributed by atoms with Crippen LogP contribution in [0.1, 0.15) is 10.4 Å². The van der Waals surface area contributed by atoms with Crippen LogP contribution < -0.4 is 10.7 Å². The summed E-state index contributed by atoms with van der Waals surface area (Å²) < 4.78 is 5.81. The zero-order valence-corrected chi connectivity index (χ0v) is 17.2. The van der Waals surface area contributed by atoms with Gasteiger partial charge in [0.05, 0.1) is 11.3 Å². The minimum absolute atomic E-state index is 0.0185. The van der Waals surface area contributed by atoms with Crippen LogP contribution in [0.5, 0.6) is 5.75 Å². The molecule has 0 fully saturated rings. The van der Waals surface area contributed by atoms with Gasteiger partial charge in [-0.1, -0.05) is 6.07 Å². The quantitative estimate of drug-likeness (QED) is 0.401. The summed E-state index contributed by atoms with van der Waals surface area (Å²) in [5, 5.41) is 23.0. The number of aromatic hydroxyl groups is 1. The van der Waals surface area contributed by atoms with E-state index in [0.717, 1.165) is 0 Å². The first-order valence-electron chi connectivity index (χ1n) is 9.23. The summed E-state index contributed by atoms with van der Waals surface area (Å²) in [5.41, 5.74) is 1.90. The van der Waals surface area contributed by atoms with Crippen LogP contribution in [-0.4, -0.2) is 34.1 Å². The van der Waals surface area contributed by atoms with Gasteiger partial charge in [0.15, 0.2) is 5.43 Å². The molecule has 0 saturated heterocycles. The molecule has 2 aliphatic rings. The maximum atomic E-state index is 12.1. The molecule has 2 aromatic carbocycles. The molecule has 156 valence electrons. The molecule has 3 N–H and O–H groups in total. The zero-order valence-electron chi connectivity index (χ0n) is 16.3. The summed E-state index contributed by atoms with van der Waals surface area (Å²) >= 11 is 1.36. The Hall–Kier alpha value is -3.78. The smallest absolute Gasteiger partial charge is 0.336 e. The predicted octanol–water partition coefficient (Wildman–Crippen LogP) is 4.27. The minimum atomic E-state index is -1.17. The Labute approximate surface area is 180 Å². The molecule has 1 amide bonds. The molecule has 2 aromatic rings. The van der Waals surface area contributed by atoms with Gasteiger partial charge in [-0.25, -0.2) is 4.79 Å². The average Bonchev–Trinajstić information content (AvgIpc) is 2.72. The molecule has 8 heteroatoms. The lowest BCUT2D eigenvalue weighted by molar-refractivity contribution is -0.113. The highest BCUT2D eigenvalue weighted by atomic mass is 32.2. The standard InChI is InChI=1S/C23H17NO6S/c1-31-11-21(27)24-12-2-5-15(18(8-12)23(28)29)22-16-6-3-13(25)9-19(16)30-20-10-14(26)4-7-17(20)22/h2-10,25H,11H2,1H3,(H,24,27)(H,28,29). The molecular formula is C23H17NO6S. The van der Waals surface area contributed by atoms with Crippen molar-refractivity contribution >= 4 is 40.3 Å². The number of fused-ring (bicyclic) bond motifs is 2. The van der Waals surface area contributed by atoms with Crippen LogP contribution in [0.15, 0.2) is 63.8 Å². The average molecular weight is 435 g/mol. The molecule has 4 rings (SSSR count). The van der Waals surface area contributed by atoms with Gasteiger partial charge in [-0.05, 0) is 48.2 Å². The minimum Gasteiger partial charge on any atom is -0.508 e. The lowest BCUT2D eigenvalue weighted by Gasteiger charge is -2.17. The summed E-state index contributed by atoms with van der Waals surface area (Å²) in [7, 11) is 0. The molecule has 0 unspecified atom stereocenters. The fourth-order valence-corrected chi connectivity index (χ4v) is 3.83. The van der Waals surface area contributed by atoms with Crippen LogP contribution in [0.4, 0.5) is 5.69 Å². The van der Waals surface area contributed by atoms with E-state index in [-0.39, 0.29) is 34.2 Å². The maximum absolute atomic E-state index is 12.1. The van der Waals surface area contributed by atoms with Gasteiger partial charge >= 0.3 is 5.97 Å². The van der Waals surface area contributed by atoms with Gasteiger partial charge in [0.1, 0.15) is 17.1 Å². The molecule has 0 saturated carbocycles. The van der Waals surface area contributed by atoms with Crippen molar-refractivity contribution in [2.75, 3.05) is 17.3 Å². The number of hydrogen-bond donors (Lipinski definition) is 3. The third-order valence-corrected chi connectivity index (χ3v) is 5.31. The summed E-state index contributed by atoms with van der Waals surface area (Å²) in [6.45, 7) is 0. The van der Waals surface area contributed by atoms with Crippen molar-refractivity contribution in [1.82, 2.24) is 0 Å². The largest absolute Gasteiger partial charge is 0.508 e. The lowest BCUT2D eigenvalue weighted by Crippen LogP contribution is -2.14. The normalized spacial score (nSPS) is 11.0. The molecule has 1 heterocycles. The number of anilines is 1. The second-order valence-electron chi connectivity index (χ2n) is 6.86. The van der Waals surface area contributed by atoms with Gasteiger partial charge in [0.2, 0.25) is 5.91 Å². The van der Waals surface area contributed by atoms with Gasteiger partial charge < -0.3 is 19.9 Å². The Morgan fingerprint density at radius 1 is 1.03 bits per heavy atom. The van der Waals surface area contributed by atoms with Crippen molar-refractivity contribution in [3.05, 3.63) is 70.4 Å². The van der Waals surface area contributed by atoms with Crippen molar-refractivity contribution in [3.63, 3.8) is 0 Å². The van der Waals surface area contributed by atoms with E-state index in [2.05, 4.69) is 5.32 Å². The number of carboxylic acid groups (broad SMARTS) is 1. The van der Waals surface area contributed by atoms with Crippen molar-refractivity contribution in [3.8, 4) is 28.2 Å². The topological polar surface area (TPSA) is 117 Å².